The van der Waals surface area contributed by atoms with Gasteiger partial charge in [0.25, 0.3) is 0 Å². The number of hydrogen-bond acceptors (Lipinski definition) is 6. The van der Waals surface area contributed by atoms with E-state index in [2.05, 4.69) is 58.3 Å². The molecule has 0 atom stereocenters. The van der Waals surface area contributed by atoms with Crippen LogP contribution < -0.4 is 5.32 Å². The second kappa shape index (κ2) is 9.62. The van der Waals surface area contributed by atoms with Crippen LogP contribution in [0, 0.1) is 0 Å². The maximum atomic E-state index is 12.6. The fourth-order valence-corrected chi connectivity index (χ4v) is 5.37. The van der Waals surface area contributed by atoms with Crippen LogP contribution in [-0.2, 0) is 11.2 Å². The van der Waals surface area contributed by atoms with Crippen LogP contribution in [0.1, 0.15) is 5.56 Å². The van der Waals surface area contributed by atoms with Crippen molar-refractivity contribution in [2.45, 2.75) is 6.42 Å². The van der Waals surface area contributed by atoms with Crippen molar-refractivity contribution in [2.24, 2.45) is 0 Å². The number of amides is 1. The summed E-state index contributed by atoms with van der Waals surface area (Å²) in [5.74, 6) is -0.101. The monoisotopic (exact) mass is 527 g/mol. The Morgan fingerprint density at radius 2 is 1.77 bits per heavy atom. The van der Waals surface area contributed by atoms with Crippen molar-refractivity contribution in [3.63, 3.8) is 0 Å². The molecule has 0 unspecified atom stereocenters. The minimum absolute atomic E-state index is 0.101. The van der Waals surface area contributed by atoms with E-state index in [0.29, 0.717) is 12.1 Å². The van der Waals surface area contributed by atoms with Gasteiger partial charge in [-0.3, -0.25) is 24.8 Å². The van der Waals surface area contributed by atoms with E-state index < -0.39 is 0 Å². The molecule has 6 aromatic heterocycles. The van der Waals surface area contributed by atoms with E-state index in [4.69, 9.17) is 0 Å². The number of carbonyl (C=O) groups excluding carboxylic acids is 1. The first-order valence-corrected chi connectivity index (χ1v) is 13.3. The van der Waals surface area contributed by atoms with E-state index in [-0.39, 0.29) is 5.91 Å². The number of aromatic amines is 2. The Labute approximate surface area is 226 Å². The maximum absolute atomic E-state index is 12.6. The normalized spacial score (nSPS) is 11.3. The summed E-state index contributed by atoms with van der Waals surface area (Å²) in [4.78, 5) is 29.7. The molecule has 1 aromatic carbocycles. The minimum Gasteiger partial charge on any atom is -0.353 e. The van der Waals surface area contributed by atoms with Crippen molar-refractivity contribution >= 4 is 44.7 Å². The predicted molar refractivity (Wildman–Crippen MR) is 154 cm³/mol. The second-order valence-electron chi connectivity index (χ2n) is 9.18. The second-order valence-corrected chi connectivity index (χ2v) is 9.96. The first-order valence-electron chi connectivity index (χ1n) is 12.4. The smallest absolute Gasteiger partial charge is 0.228 e. The molecule has 0 radical (unpaired) electrons. The topological polar surface area (TPSA) is 112 Å². The standard InChI is InChI=1S/C30H21N7OS/c38-28(10-18-4-2-1-3-5-18)34-21-11-20(14-31-15-21)25-12-23-27(16-33-25)36-37-30(23)26-13-22-24(35-26)6-8-32-29(22)19-7-9-39-17-19/h1-9,11-17,35H,10H2,(H,34,38)(H,36,37). The van der Waals surface area contributed by atoms with Gasteiger partial charge in [0.2, 0.25) is 5.91 Å². The minimum atomic E-state index is -0.101. The van der Waals surface area contributed by atoms with E-state index in [1.165, 1.54) is 0 Å². The van der Waals surface area contributed by atoms with Gasteiger partial charge in [0.15, 0.2) is 0 Å². The van der Waals surface area contributed by atoms with E-state index in [1.807, 2.05) is 54.7 Å². The van der Waals surface area contributed by atoms with Gasteiger partial charge in [-0.25, -0.2) is 0 Å². The van der Waals surface area contributed by atoms with Crippen LogP contribution in [0.25, 0.3) is 55.7 Å². The van der Waals surface area contributed by atoms with Gasteiger partial charge in [-0.2, -0.15) is 16.4 Å². The lowest BCUT2D eigenvalue weighted by atomic mass is 10.1. The van der Waals surface area contributed by atoms with Crippen LogP contribution in [0.5, 0.6) is 0 Å². The van der Waals surface area contributed by atoms with Gasteiger partial charge in [0.1, 0.15) is 5.69 Å². The van der Waals surface area contributed by atoms with Crippen molar-refractivity contribution in [2.75, 3.05) is 5.32 Å². The highest BCUT2D eigenvalue weighted by molar-refractivity contribution is 7.08. The lowest BCUT2D eigenvalue weighted by Gasteiger charge is -2.07. The van der Waals surface area contributed by atoms with Crippen molar-refractivity contribution in [3.05, 3.63) is 102 Å². The van der Waals surface area contributed by atoms with Crippen LogP contribution in [0.15, 0.2) is 96.2 Å². The van der Waals surface area contributed by atoms with Gasteiger partial charge < -0.3 is 10.3 Å². The highest BCUT2D eigenvalue weighted by Gasteiger charge is 2.16. The quantitative estimate of drug-likeness (QED) is 0.229. The molecule has 0 spiro atoms. The van der Waals surface area contributed by atoms with Crippen LogP contribution in [-0.4, -0.2) is 36.0 Å². The Hall–Kier alpha value is -5.15. The number of thiophene rings is 1. The summed E-state index contributed by atoms with van der Waals surface area (Å²) in [6, 6.07) is 19.7. The molecule has 7 aromatic rings. The molecule has 39 heavy (non-hydrogen) atoms. The van der Waals surface area contributed by atoms with Gasteiger partial charge in [-0.05, 0) is 41.3 Å². The zero-order valence-corrected chi connectivity index (χ0v) is 21.4. The van der Waals surface area contributed by atoms with E-state index in [1.54, 1.807) is 29.9 Å². The lowest BCUT2D eigenvalue weighted by molar-refractivity contribution is -0.115. The Kier molecular flexibility index (Phi) is 5.68. The number of nitrogens with one attached hydrogen (secondary N) is 3. The largest absolute Gasteiger partial charge is 0.353 e. The van der Waals surface area contributed by atoms with Gasteiger partial charge >= 0.3 is 0 Å². The summed E-state index contributed by atoms with van der Waals surface area (Å²) in [5.41, 5.74) is 8.63. The molecular weight excluding hydrogens is 506 g/mol. The molecule has 1 amide bonds. The molecule has 7 rings (SSSR count). The fourth-order valence-electron chi connectivity index (χ4n) is 4.73. The van der Waals surface area contributed by atoms with Crippen LogP contribution >= 0.6 is 11.3 Å². The molecule has 0 aliphatic rings. The van der Waals surface area contributed by atoms with Crippen molar-refractivity contribution < 1.29 is 4.79 Å². The first kappa shape index (κ1) is 23.0. The van der Waals surface area contributed by atoms with E-state index in [9.17, 15) is 4.79 Å². The fraction of sp³-hybridized carbons (Fsp3) is 0.0333. The van der Waals surface area contributed by atoms with Crippen LogP contribution in [0.3, 0.4) is 0 Å². The van der Waals surface area contributed by atoms with Crippen LogP contribution in [0.2, 0.25) is 0 Å². The number of H-pyrrole nitrogens is 2. The molecule has 6 heterocycles. The Bertz CT molecular complexity index is 1940. The number of aromatic nitrogens is 6. The molecule has 0 saturated carbocycles. The number of fused-ring (bicyclic) bond motifs is 2. The van der Waals surface area contributed by atoms with E-state index in [0.717, 1.165) is 61.3 Å². The number of nitrogens with zero attached hydrogens (tertiary/aromatic N) is 4. The lowest BCUT2D eigenvalue weighted by Crippen LogP contribution is -2.14. The summed E-state index contributed by atoms with van der Waals surface area (Å²) in [7, 11) is 0. The molecule has 0 aliphatic carbocycles. The summed E-state index contributed by atoms with van der Waals surface area (Å²) >= 11 is 1.65. The molecule has 0 aliphatic heterocycles. The van der Waals surface area contributed by atoms with Gasteiger partial charge in [-0.15, -0.1) is 0 Å². The molecule has 8 nitrogen and oxygen atoms in total. The Balaban J connectivity index is 1.21. The van der Waals surface area contributed by atoms with Crippen molar-refractivity contribution in [3.8, 4) is 33.9 Å². The molecule has 9 heteroatoms. The molecule has 0 bridgehead atoms. The molecule has 188 valence electrons. The third kappa shape index (κ3) is 4.45. The number of anilines is 1. The van der Waals surface area contributed by atoms with E-state index >= 15 is 0 Å². The first-order chi connectivity index (χ1) is 19.2. The SMILES string of the molecule is O=C(Cc1ccccc1)Nc1cncc(-c2cc3c(-c4cc5c(-c6ccsc6)nccc5[nH]4)n[nH]c3cn2)c1. The maximum Gasteiger partial charge on any atom is 0.228 e. The third-order valence-electron chi connectivity index (χ3n) is 6.57. The summed E-state index contributed by atoms with van der Waals surface area (Å²) in [5, 5.41) is 16.8. The average Bonchev–Trinajstić information content (AvgIpc) is 3.73. The highest BCUT2D eigenvalue weighted by atomic mass is 32.1. The number of hydrogen-bond donors (Lipinski definition) is 3. The van der Waals surface area contributed by atoms with Crippen molar-refractivity contribution in [1.29, 1.82) is 0 Å². The predicted octanol–water partition coefficient (Wildman–Crippen LogP) is 6.47. The number of pyridine rings is 3. The summed E-state index contributed by atoms with van der Waals surface area (Å²) in [6.45, 7) is 0. The summed E-state index contributed by atoms with van der Waals surface area (Å²) < 4.78 is 0. The molecule has 3 N–H and O–H groups in total. The third-order valence-corrected chi connectivity index (χ3v) is 7.25. The Morgan fingerprint density at radius 3 is 2.64 bits per heavy atom. The van der Waals surface area contributed by atoms with Crippen LogP contribution in [0.4, 0.5) is 5.69 Å². The van der Waals surface area contributed by atoms with Gasteiger partial charge in [0.05, 0.1) is 47.1 Å². The molecule has 0 fully saturated rings. The number of carbonyl (C=O) groups is 1. The average molecular weight is 528 g/mol. The Morgan fingerprint density at radius 1 is 0.872 bits per heavy atom. The number of rotatable bonds is 6. The zero-order valence-electron chi connectivity index (χ0n) is 20.6. The summed E-state index contributed by atoms with van der Waals surface area (Å²) in [6.07, 6.45) is 7.25. The van der Waals surface area contributed by atoms with Gasteiger partial charge in [-0.1, -0.05) is 30.3 Å². The van der Waals surface area contributed by atoms with Crippen molar-refractivity contribution in [1.82, 2.24) is 30.1 Å². The highest BCUT2D eigenvalue weighted by Crippen LogP contribution is 2.34. The van der Waals surface area contributed by atoms with Gasteiger partial charge in [0, 0.05) is 45.2 Å². The molecular formula is C30H21N7OS. The zero-order chi connectivity index (χ0) is 26.2. The number of benzene rings is 1. The molecule has 0 saturated heterocycles.